The first-order valence-electron chi connectivity index (χ1n) is 13.9. The van der Waals surface area contributed by atoms with Crippen molar-refractivity contribution in [1.82, 2.24) is 24.6 Å². The van der Waals surface area contributed by atoms with Gasteiger partial charge in [-0.1, -0.05) is 12.6 Å². The monoisotopic (exact) mass is 574 g/mol. The van der Waals surface area contributed by atoms with Gasteiger partial charge in [-0.25, -0.2) is 9.97 Å². The van der Waals surface area contributed by atoms with E-state index >= 15 is 0 Å². The largest absolute Gasteiger partial charge is 0.433 e. The van der Waals surface area contributed by atoms with E-state index in [0.29, 0.717) is 36.0 Å². The van der Waals surface area contributed by atoms with Crippen molar-refractivity contribution in [3.8, 4) is 17.0 Å². The number of alkyl halides is 2. The van der Waals surface area contributed by atoms with Gasteiger partial charge in [0.15, 0.2) is 5.75 Å². The van der Waals surface area contributed by atoms with E-state index in [-0.39, 0.29) is 11.4 Å². The summed E-state index contributed by atoms with van der Waals surface area (Å²) in [5.74, 6) is 0.685. The molecule has 2 aromatic heterocycles. The Morgan fingerprint density at radius 3 is 2.67 bits per heavy atom. The molecule has 2 fully saturated rings. The summed E-state index contributed by atoms with van der Waals surface area (Å²) >= 11 is 0. The molecule has 6 rings (SSSR count). The molecule has 3 heterocycles. The molecular formula is C30H32F2N8O2. The zero-order chi connectivity index (χ0) is 29.2. The van der Waals surface area contributed by atoms with Crippen molar-refractivity contribution in [2.45, 2.75) is 19.5 Å². The summed E-state index contributed by atoms with van der Waals surface area (Å²) in [4.78, 5) is 25.6. The highest BCUT2D eigenvalue weighted by Crippen LogP contribution is 2.40. The van der Waals surface area contributed by atoms with Gasteiger partial charge in [0.2, 0.25) is 5.91 Å². The molecule has 0 bridgehead atoms. The van der Waals surface area contributed by atoms with Gasteiger partial charge in [-0.2, -0.15) is 13.9 Å². The predicted molar refractivity (Wildman–Crippen MR) is 158 cm³/mol. The van der Waals surface area contributed by atoms with E-state index in [4.69, 9.17) is 4.74 Å². The fraction of sp³-hybridized carbons (Fsp3) is 0.333. The number of hydrogen-bond acceptors (Lipinski definition) is 8. The van der Waals surface area contributed by atoms with Crippen LogP contribution < -0.4 is 20.3 Å². The van der Waals surface area contributed by atoms with E-state index in [1.165, 1.54) is 25.2 Å². The molecule has 218 valence electrons. The first kappa shape index (κ1) is 27.6. The minimum absolute atomic E-state index is 0.0612. The van der Waals surface area contributed by atoms with Gasteiger partial charge in [-0.15, -0.1) is 0 Å². The highest BCUT2D eigenvalue weighted by atomic mass is 19.3. The molecule has 2 aromatic carbocycles. The highest BCUT2D eigenvalue weighted by Gasteiger charge is 2.28. The topological polar surface area (TPSA) is 100 Å². The summed E-state index contributed by atoms with van der Waals surface area (Å²) in [5.41, 5.74) is 3.74. The Kier molecular flexibility index (Phi) is 7.70. The number of rotatable bonds is 10. The molecule has 12 heteroatoms. The van der Waals surface area contributed by atoms with Crippen LogP contribution in [0.25, 0.3) is 22.2 Å². The molecule has 0 atom stereocenters. The van der Waals surface area contributed by atoms with Crippen molar-refractivity contribution in [3.63, 3.8) is 0 Å². The lowest BCUT2D eigenvalue weighted by Gasteiger charge is -2.37. The fourth-order valence-corrected chi connectivity index (χ4v) is 5.29. The van der Waals surface area contributed by atoms with Crippen LogP contribution in [0, 0.1) is 5.92 Å². The van der Waals surface area contributed by atoms with Gasteiger partial charge in [0.1, 0.15) is 12.1 Å². The number of aromatic nitrogens is 4. The van der Waals surface area contributed by atoms with Crippen LogP contribution in [0.4, 0.5) is 31.7 Å². The molecule has 1 saturated heterocycles. The normalized spacial score (nSPS) is 15.7. The number of piperazine rings is 1. The van der Waals surface area contributed by atoms with Crippen molar-refractivity contribution in [3.05, 3.63) is 61.6 Å². The van der Waals surface area contributed by atoms with E-state index in [9.17, 15) is 13.6 Å². The van der Waals surface area contributed by atoms with Gasteiger partial charge in [-0.05, 0) is 43.0 Å². The molecule has 1 saturated carbocycles. The van der Waals surface area contributed by atoms with Crippen LogP contribution in [0.3, 0.4) is 0 Å². The third kappa shape index (κ3) is 6.18. The Hall–Kier alpha value is -4.58. The highest BCUT2D eigenvalue weighted by molar-refractivity contribution is 6.02. The average molecular weight is 575 g/mol. The van der Waals surface area contributed by atoms with Crippen LogP contribution in [0.5, 0.6) is 5.75 Å². The van der Waals surface area contributed by atoms with Crippen LogP contribution in [0.15, 0.2) is 61.6 Å². The number of anilines is 4. The predicted octanol–water partition coefficient (Wildman–Crippen LogP) is 5.03. The number of hydrogen-bond donors (Lipinski definition) is 2. The van der Waals surface area contributed by atoms with E-state index in [0.717, 1.165) is 42.0 Å². The quantitative estimate of drug-likeness (QED) is 0.255. The molecule has 2 aliphatic rings. The summed E-state index contributed by atoms with van der Waals surface area (Å²) in [7, 11) is 1.87. The van der Waals surface area contributed by atoms with Crippen molar-refractivity contribution in [2.24, 2.45) is 13.0 Å². The van der Waals surface area contributed by atoms with Crippen molar-refractivity contribution in [2.75, 3.05) is 48.3 Å². The Bertz CT molecular complexity index is 1610. The maximum Gasteiger partial charge on any atom is 0.387 e. The summed E-state index contributed by atoms with van der Waals surface area (Å²) in [6, 6.07) is 10.7. The number of ether oxygens (including phenoxy) is 1. The number of fused-ring (bicyclic) bond motifs is 1. The summed E-state index contributed by atoms with van der Waals surface area (Å²) in [5, 5.41) is 11.2. The molecule has 1 aliphatic carbocycles. The molecule has 0 spiro atoms. The number of amides is 1. The second kappa shape index (κ2) is 11.7. The molecule has 1 amide bonds. The Labute approximate surface area is 242 Å². The molecular weight excluding hydrogens is 542 g/mol. The molecule has 1 aliphatic heterocycles. The number of aryl methyl sites for hydroxylation is 1. The average Bonchev–Trinajstić information content (AvgIpc) is 3.73. The Morgan fingerprint density at radius 1 is 1.12 bits per heavy atom. The third-order valence-electron chi connectivity index (χ3n) is 7.66. The number of nitrogens with one attached hydrogen (secondary N) is 2. The number of halogens is 2. The first-order valence-corrected chi connectivity index (χ1v) is 13.9. The maximum atomic E-state index is 13.6. The zero-order valence-electron chi connectivity index (χ0n) is 23.3. The summed E-state index contributed by atoms with van der Waals surface area (Å²) < 4.78 is 33.9. The van der Waals surface area contributed by atoms with E-state index < -0.39 is 12.5 Å². The molecule has 10 nitrogen and oxygen atoms in total. The zero-order valence-corrected chi connectivity index (χ0v) is 23.3. The number of nitrogens with zero attached hydrogens (tertiary/aromatic N) is 6. The summed E-state index contributed by atoms with van der Waals surface area (Å²) in [6.45, 7) is 4.69. The smallest absolute Gasteiger partial charge is 0.387 e. The van der Waals surface area contributed by atoms with Crippen molar-refractivity contribution >= 4 is 39.7 Å². The molecule has 0 radical (unpaired) electrons. The standard InChI is InChI=1S/C30H32F2N8O2/c1-3-29(41)37-23-13-24(27(42-30(31)32)15-26(23)40-10-8-39(9-11-40)17-19-4-5-19)36-28-14-22(33-18-34-28)20-6-7-25-21(12-20)16-35-38(25)2/h3,6-7,12-16,18-19,30H,1,4-5,8-11,17H2,2H3,(H,37,41)(H,33,34,36). The lowest BCUT2D eigenvalue weighted by Crippen LogP contribution is -2.47. The molecule has 0 unspecified atom stereocenters. The molecule has 42 heavy (non-hydrogen) atoms. The number of carbonyl (C=O) groups excluding carboxylic acids is 1. The van der Waals surface area contributed by atoms with Crippen LogP contribution in [0.2, 0.25) is 0 Å². The Morgan fingerprint density at radius 2 is 1.93 bits per heavy atom. The van der Waals surface area contributed by atoms with Gasteiger partial charge in [0.05, 0.1) is 34.5 Å². The third-order valence-corrected chi connectivity index (χ3v) is 7.66. The second-order valence-corrected chi connectivity index (χ2v) is 10.6. The lowest BCUT2D eigenvalue weighted by molar-refractivity contribution is -0.111. The number of carbonyl (C=O) groups is 1. The van der Waals surface area contributed by atoms with Crippen molar-refractivity contribution in [1.29, 1.82) is 0 Å². The minimum atomic E-state index is -3.05. The first-order chi connectivity index (χ1) is 20.4. The van der Waals surface area contributed by atoms with Gasteiger partial charge in [-0.3, -0.25) is 14.4 Å². The van der Waals surface area contributed by atoms with E-state index in [1.54, 1.807) is 29.1 Å². The lowest BCUT2D eigenvalue weighted by atomic mass is 10.1. The SMILES string of the molecule is C=CC(=O)Nc1cc(Nc2cc(-c3ccc4c(cnn4C)c3)ncn2)c(OC(F)F)cc1N1CCN(CC2CC2)CC1. The van der Waals surface area contributed by atoms with Crippen LogP contribution in [-0.4, -0.2) is 69.9 Å². The van der Waals surface area contributed by atoms with Crippen LogP contribution >= 0.6 is 0 Å². The van der Waals surface area contributed by atoms with Gasteiger partial charge >= 0.3 is 6.61 Å². The van der Waals surface area contributed by atoms with Crippen LogP contribution in [-0.2, 0) is 11.8 Å². The van der Waals surface area contributed by atoms with Crippen molar-refractivity contribution < 1.29 is 18.3 Å². The van der Waals surface area contributed by atoms with Gasteiger partial charge < -0.3 is 20.3 Å². The maximum absolute atomic E-state index is 13.6. The fourth-order valence-electron chi connectivity index (χ4n) is 5.29. The van der Waals surface area contributed by atoms with Gasteiger partial charge in [0.25, 0.3) is 0 Å². The second-order valence-electron chi connectivity index (χ2n) is 10.6. The minimum Gasteiger partial charge on any atom is -0.433 e. The molecule has 2 N–H and O–H groups in total. The molecule has 4 aromatic rings. The Balaban J connectivity index is 1.31. The van der Waals surface area contributed by atoms with Gasteiger partial charge in [0, 0.05) is 62.9 Å². The van der Waals surface area contributed by atoms with E-state index in [1.807, 2.05) is 25.2 Å². The number of benzene rings is 2. The van der Waals surface area contributed by atoms with Crippen LogP contribution in [0.1, 0.15) is 12.8 Å². The van der Waals surface area contributed by atoms with E-state index in [2.05, 4.69) is 42.1 Å². The summed E-state index contributed by atoms with van der Waals surface area (Å²) in [6.07, 6.45) is 6.92.